The van der Waals surface area contributed by atoms with E-state index < -0.39 is 11.5 Å². The molecule has 104 valence electrons. The van der Waals surface area contributed by atoms with Gasteiger partial charge in [0.25, 0.3) is 0 Å². The van der Waals surface area contributed by atoms with E-state index >= 15 is 0 Å². The summed E-state index contributed by atoms with van der Waals surface area (Å²) in [6.45, 7) is 3.96. The summed E-state index contributed by atoms with van der Waals surface area (Å²) in [5.41, 5.74) is -0.960. The third-order valence-electron chi connectivity index (χ3n) is 4.39. The molecule has 1 fully saturated rings. The van der Waals surface area contributed by atoms with Crippen LogP contribution in [0.4, 0.5) is 0 Å². The van der Waals surface area contributed by atoms with E-state index in [9.17, 15) is 14.7 Å². The molecular weight excluding hydrogens is 230 g/mol. The fourth-order valence-corrected chi connectivity index (χ4v) is 2.95. The number of aliphatic carboxylic acids is 1. The van der Waals surface area contributed by atoms with E-state index in [1.807, 2.05) is 13.8 Å². The highest BCUT2D eigenvalue weighted by atomic mass is 16.4. The Balaban J connectivity index is 2.92. The van der Waals surface area contributed by atoms with Gasteiger partial charge in [0.15, 0.2) is 0 Å². The number of likely N-dealkylation sites (N-methyl/N-ethyl adjacent to an activating group) is 1. The van der Waals surface area contributed by atoms with Crippen molar-refractivity contribution in [1.82, 2.24) is 4.90 Å². The van der Waals surface area contributed by atoms with Crippen molar-refractivity contribution < 1.29 is 14.7 Å². The maximum atomic E-state index is 12.4. The second-order valence-electron chi connectivity index (χ2n) is 5.31. The van der Waals surface area contributed by atoms with E-state index in [0.29, 0.717) is 12.8 Å². The van der Waals surface area contributed by atoms with Crippen molar-refractivity contribution in [3.63, 3.8) is 0 Å². The molecule has 1 N–H and O–H groups in total. The van der Waals surface area contributed by atoms with Gasteiger partial charge in [-0.25, -0.2) is 4.79 Å². The van der Waals surface area contributed by atoms with Gasteiger partial charge < -0.3 is 10.0 Å². The molecule has 0 saturated heterocycles. The topological polar surface area (TPSA) is 57.6 Å². The SMILES string of the molecule is CCC(CC)C(=O)N(C)C1(C(=O)O)CCCCC1. The highest BCUT2D eigenvalue weighted by Crippen LogP contribution is 2.34. The standard InChI is InChI=1S/C14H25NO3/c1-4-11(5-2)12(16)15(3)14(13(17)18)9-7-6-8-10-14/h11H,4-10H2,1-3H3,(H,17,18). The molecule has 0 aromatic heterocycles. The smallest absolute Gasteiger partial charge is 0.329 e. The van der Waals surface area contributed by atoms with Gasteiger partial charge in [-0.3, -0.25) is 4.79 Å². The fourth-order valence-electron chi connectivity index (χ4n) is 2.95. The molecule has 0 unspecified atom stereocenters. The number of carbonyl (C=O) groups excluding carboxylic acids is 1. The minimum Gasteiger partial charge on any atom is -0.479 e. The summed E-state index contributed by atoms with van der Waals surface area (Å²) >= 11 is 0. The van der Waals surface area contributed by atoms with Crippen LogP contribution >= 0.6 is 0 Å². The second-order valence-corrected chi connectivity index (χ2v) is 5.31. The lowest BCUT2D eigenvalue weighted by Crippen LogP contribution is -2.57. The Bertz CT molecular complexity index is 304. The molecule has 18 heavy (non-hydrogen) atoms. The van der Waals surface area contributed by atoms with E-state index in [1.165, 1.54) is 4.90 Å². The van der Waals surface area contributed by atoms with Crippen molar-refractivity contribution in [3.8, 4) is 0 Å². The molecule has 1 amide bonds. The van der Waals surface area contributed by atoms with Crippen LogP contribution < -0.4 is 0 Å². The summed E-state index contributed by atoms with van der Waals surface area (Å²) in [6.07, 6.45) is 5.59. The molecule has 0 bridgehead atoms. The lowest BCUT2D eigenvalue weighted by atomic mass is 9.79. The van der Waals surface area contributed by atoms with Gasteiger partial charge in [0, 0.05) is 13.0 Å². The van der Waals surface area contributed by atoms with Crippen molar-refractivity contribution in [2.75, 3.05) is 7.05 Å². The Hall–Kier alpha value is -1.06. The summed E-state index contributed by atoms with van der Waals surface area (Å²) < 4.78 is 0. The molecule has 1 aliphatic rings. The average molecular weight is 255 g/mol. The summed E-state index contributed by atoms with van der Waals surface area (Å²) in [5, 5.41) is 9.54. The van der Waals surface area contributed by atoms with E-state index in [0.717, 1.165) is 32.1 Å². The Kier molecular flexibility index (Phi) is 5.17. The van der Waals surface area contributed by atoms with Crippen LogP contribution in [0.5, 0.6) is 0 Å². The lowest BCUT2D eigenvalue weighted by molar-refractivity contribution is -0.162. The summed E-state index contributed by atoms with van der Waals surface area (Å²) in [6, 6.07) is 0. The number of hydrogen-bond donors (Lipinski definition) is 1. The van der Waals surface area contributed by atoms with Crippen LogP contribution in [0.1, 0.15) is 58.8 Å². The lowest BCUT2D eigenvalue weighted by Gasteiger charge is -2.42. The zero-order valence-corrected chi connectivity index (χ0v) is 11.7. The molecule has 0 atom stereocenters. The van der Waals surface area contributed by atoms with Crippen LogP contribution in [0.15, 0.2) is 0 Å². The predicted octanol–water partition coefficient (Wildman–Crippen LogP) is 2.67. The maximum Gasteiger partial charge on any atom is 0.329 e. The highest BCUT2D eigenvalue weighted by Gasteiger charge is 2.46. The van der Waals surface area contributed by atoms with Crippen molar-refractivity contribution >= 4 is 11.9 Å². The van der Waals surface area contributed by atoms with E-state index in [4.69, 9.17) is 0 Å². The first-order valence-electron chi connectivity index (χ1n) is 7.00. The molecule has 0 heterocycles. The molecule has 1 rings (SSSR count). The van der Waals surface area contributed by atoms with Crippen LogP contribution in [0.25, 0.3) is 0 Å². The van der Waals surface area contributed by atoms with Gasteiger partial charge in [-0.05, 0) is 25.7 Å². The Labute approximate surface area is 109 Å². The summed E-state index contributed by atoms with van der Waals surface area (Å²) in [5.74, 6) is -0.901. The van der Waals surface area contributed by atoms with E-state index in [2.05, 4.69) is 0 Å². The van der Waals surface area contributed by atoms with Crippen LogP contribution in [0.3, 0.4) is 0 Å². The normalized spacial score (nSPS) is 18.7. The molecule has 0 aliphatic heterocycles. The number of carboxylic acids is 1. The quantitative estimate of drug-likeness (QED) is 0.821. The number of carboxylic acid groups (broad SMARTS) is 1. The minimum absolute atomic E-state index is 0.00991. The Morgan fingerprint density at radius 2 is 1.67 bits per heavy atom. The first-order chi connectivity index (χ1) is 8.49. The molecule has 1 aliphatic carbocycles. The van der Waals surface area contributed by atoms with E-state index in [-0.39, 0.29) is 11.8 Å². The predicted molar refractivity (Wildman–Crippen MR) is 70.3 cm³/mol. The molecule has 4 heteroatoms. The molecule has 1 saturated carbocycles. The molecule has 0 aromatic carbocycles. The molecule has 0 aromatic rings. The van der Waals surface area contributed by atoms with Gasteiger partial charge in [0.1, 0.15) is 5.54 Å². The van der Waals surface area contributed by atoms with Gasteiger partial charge in [-0.2, -0.15) is 0 Å². The molecule has 0 radical (unpaired) electrons. The monoisotopic (exact) mass is 255 g/mol. The van der Waals surface area contributed by atoms with Crippen LogP contribution in [0.2, 0.25) is 0 Å². The Morgan fingerprint density at radius 3 is 2.06 bits per heavy atom. The van der Waals surface area contributed by atoms with Gasteiger partial charge in [-0.15, -0.1) is 0 Å². The van der Waals surface area contributed by atoms with Crippen LogP contribution in [-0.4, -0.2) is 34.5 Å². The third kappa shape index (κ3) is 2.68. The van der Waals surface area contributed by atoms with Crippen molar-refractivity contribution in [2.45, 2.75) is 64.3 Å². The fraction of sp³-hybridized carbons (Fsp3) is 0.857. The number of rotatable bonds is 5. The van der Waals surface area contributed by atoms with Gasteiger partial charge >= 0.3 is 5.97 Å². The first-order valence-corrected chi connectivity index (χ1v) is 7.00. The van der Waals surface area contributed by atoms with Crippen molar-refractivity contribution in [1.29, 1.82) is 0 Å². The summed E-state index contributed by atoms with van der Waals surface area (Å²) in [7, 11) is 1.67. The number of nitrogens with zero attached hydrogens (tertiary/aromatic N) is 1. The highest BCUT2D eigenvalue weighted by molar-refractivity contribution is 5.88. The molecule has 0 spiro atoms. The largest absolute Gasteiger partial charge is 0.479 e. The van der Waals surface area contributed by atoms with Crippen LogP contribution in [0, 0.1) is 5.92 Å². The zero-order valence-electron chi connectivity index (χ0n) is 11.7. The van der Waals surface area contributed by atoms with Gasteiger partial charge in [0.2, 0.25) is 5.91 Å². The summed E-state index contributed by atoms with van der Waals surface area (Å²) in [4.78, 5) is 25.5. The molecular formula is C14H25NO3. The van der Waals surface area contributed by atoms with Crippen molar-refractivity contribution in [2.24, 2.45) is 5.92 Å². The van der Waals surface area contributed by atoms with Crippen LogP contribution in [-0.2, 0) is 9.59 Å². The van der Waals surface area contributed by atoms with Crippen molar-refractivity contribution in [3.05, 3.63) is 0 Å². The Morgan fingerprint density at radius 1 is 1.17 bits per heavy atom. The zero-order chi connectivity index (χ0) is 13.8. The first kappa shape index (κ1) is 15.0. The minimum atomic E-state index is -0.960. The number of hydrogen-bond acceptors (Lipinski definition) is 2. The van der Waals surface area contributed by atoms with Gasteiger partial charge in [-0.1, -0.05) is 33.1 Å². The number of amides is 1. The third-order valence-corrected chi connectivity index (χ3v) is 4.39. The van der Waals surface area contributed by atoms with E-state index in [1.54, 1.807) is 7.05 Å². The average Bonchev–Trinajstić information content (AvgIpc) is 2.39. The molecule has 4 nitrogen and oxygen atoms in total. The maximum absolute atomic E-state index is 12.4. The van der Waals surface area contributed by atoms with Gasteiger partial charge in [0.05, 0.1) is 0 Å². The second kappa shape index (κ2) is 6.21. The number of carbonyl (C=O) groups is 2.